The molecule has 690 valence electrons. The molecule has 0 heterocycles. The van der Waals surface area contributed by atoms with Gasteiger partial charge in [-0.1, -0.05) is 395 Å². The summed E-state index contributed by atoms with van der Waals surface area (Å²) in [4.78, 5) is 59.1. The van der Waals surface area contributed by atoms with E-state index in [9.17, 15) is 43.5 Å². The lowest BCUT2D eigenvalue weighted by atomic mass is 10.0. The first-order chi connectivity index (χ1) is 59.2. The number of rotatable bonds is 89. The van der Waals surface area contributed by atoms with Gasteiger partial charge in [-0.05, 0) is 161 Å². The molecule has 5 unspecified atom stereocenters. The van der Waals surface area contributed by atoms with E-state index in [0.717, 1.165) is 212 Å². The van der Waals surface area contributed by atoms with Gasteiger partial charge in [0.2, 0.25) is 0 Å². The average Bonchev–Trinajstić information content (AvgIpc) is 0.893. The summed E-state index contributed by atoms with van der Waals surface area (Å²) in [6, 6.07) is 0. The Hall–Kier alpha value is -5.61. The monoisotopic (exact) mass is 1730 g/mol. The summed E-state index contributed by atoms with van der Waals surface area (Å²) in [5.74, 6) is -1.59. The molecule has 0 rings (SSSR count). The molecule has 0 fully saturated rings. The number of phosphoric ester groups is 2. The molecule has 0 aromatic carbocycles. The van der Waals surface area contributed by atoms with Crippen molar-refractivity contribution < 1.29 is 75.8 Å². The predicted octanol–water partition coefficient (Wildman–Crippen LogP) is 29.8. The second-order valence-corrected chi connectivity index (χ2v) is 34.3. The summed E-state index contributed by atoms with van der Waals surface area (Å²) < 4.78 is 61.5. The number of phosphoric acid groups is 2. The summed E-state index contributed by atoms with van der Waals surface area (Å²) in [6.45, 7) is 2.36. The Morgan fingerprint density at radius 3 is 0.653 bits per heavy atom. The standard InChI is InChI=1S/C103H172O16P2/c1-4-7-10-13-16-19-22-25-28-31-34-37-40-42-44-45-46-47-48-49-50-51-53-55-57-59-62-65-68-71-74-77-80-83-86-89-101(106)113-92-98(104)93-115-120(109,110)116-94-99(105)95-117-121(111,112)118-97-100(119-103(108)91-88-85-82-79-76-73-70-67-64-61-56-39-36-33-30-27-24-21-18-15-12-9-6-3)96-114-102(107)90-87-84-81-78-75-72-69-66-63-60-58-54-52-43-41-38-35-32-29-26-23-20-17-14-11-8-5-2/h7-12,16-21,25-30,34-39,42-44,52,58,60-61,64,98-100,104-105H,4-6,13-15,22-24,31-33,40-41,45-51,53-57,59,62-63,65-97H2,1-3H3,(H,109,110)(H,111,112)/b10-7-,11-8-,12-9-,19-16-,20-17-,21-18-,28-25-,29-26-,30-27-,37-34-,38-35-,39-36-,44-42-,52-43-,60-58-,64-61-. The van der Waals surface area contributed by atoms with Gasteiger partial charge in [-0.25, -0.2) is 9.13 Å². The van der Waals surface area contributed by atoms with E-state index in [1.54, 1.807) is 0 Å². The van der Waals surface area contributed by atoms with Crippen LogP contribution in [-0.2, 0) is 55.8 Å². The van der Waals surface area contributed by atoms with E-state index in [-0.39, 0.29) is 19.3 Å². The number of carbonyl (C=O) groups excluding carboxylic acids is 3. The Labute approximate surface area is 737 Å². The van der Waals surface area contributed by atoms with Crippen LogP contribution < -0.4 is 0 Å². The van der Waals surface area contributed by atoms with Crippen molar-refractivity contribution in [2.24, 2.45) is 0 Å². The van der Waals surface area contributed by atoms with Crippen LogP contribution in [0.25, 0.3) is 0 Å². The smallest absolute Gasteiger partial charge is 0.463 e. The van der Waals surface area contributed by atoms with Crippen molar-refractivity contribution in [1.82, 2.24) is 0 Å². The zero-order chi connectivity index (χ0) is 87.9. The molecule has 4 N–H and O–H groups in total. The largest absolute Gasteiger partial charge is 0.472 e. The Balaban J connectivity index is 4.58. The normalized spacial score (nSPS) is 14.6. The number of unbranched alkanes of at least 4 members (excludes halogenated alkanes) is 34. The fourth-order valence-electron chi connectivity index (χ4n) is 12.7. The van der Waals surface area contributed by atoms with Crippen molar-refractivity contribution in [3.05, 3.63) is 194 Å². The van der Waals surface area contributed by atoms with E-state index in [4.69, 9.17) is 32.3 Å². The molecule has 0 aromatic rings. The number of allylic oxidation sites excluding steroid dienone is 32. The van der Waals surface area contributed by atoms with Crippen LogP contribution in [-0.4, -0.2) is 95.9 Å². The van der Waals surface area contributed by atoms with Gasteiger partial charge in [0, 0.05) is 19.3 Å². The Morgan fingerprint density at radius 1 is 0.231 bits per heavy atom. The minimum absolute atomic E-state index is 0.0832. The quantitative estimate of drug-likeness (QED) is 0.0146. The highest BCUT2D eigenvalue weighted by molar-refractivity contribution is 7.47. The molecule has 0 spiro atoms. The molecule has 0 bridgehead atoms. The first-order valence-electron chi connectivity index (χ1n) is 47.7. The molecule has 0 saturated heterocycles. The molecular weight excluding hydrogens is 1560 g/mol. The lowest BCUT2D eigenvalue weighted by molar-refractivity contribution is -0.161. The van der Waals surface area contributed by atoms with Crippen LogP contribution in [0.5, 0.6) is 0 Å². The highest BCUT2D eigenvalue weighted by Crippen LogP contribution is 2.45. The number of aliphatic hydroxyl groups excluding tert-OH is 2. The van der Waals surface area contributed by atoms with Crippen LogP contribution in [0.3, 0.4) is 0 Å². The second-order valence-electron chi connectivity index (χ2n) is 31.4. The van der Waals surface area contributed by atoms with Gasteiger partial charge in [0.1, 0.15) is 25.4 Å². The molecule has 0 radical (unpaired) electrons. The SMILES string of the molecule is CC/C=C\C/C=C\C/C=C\C/C=C\C/C=C\C/C=C\CCCCCCCCCCC(=O)OCC(COP(=O)(O)OCC(O)COP(=O)(O)OCC(O)COC(=O)CCCCCCCCCCCCCCCCCCCCC/C=C\C/C=C\C/C=C\C/C=C\C/C=C\CC)OC(=O)CCCCCCCCC/C=C\C/C=C\C/C=C\C/C=C\C/C=C\CC. The van der Waals surface area contributed by atoms with Crippen LogP contribution in [0.2, 0.25) is 0 Å². The van der Waals surface area contributed by atoms with Crippen molar-refractivity contribution in [1.29, 1.82) is 0 Å². The maximum Gasteiger partial charge on any atom is 0.472 e. The van der Waals surface area contributed by atoms with Gasteiger partial charge in [-0.3, -0.25) is 32.5 Å². The van der Waals surface area contributed by atoms with E-state index in [0.29, 0.717) is 19.3 Å². The fourth-order valence-corrected chi connectivity index (χ4v) is 14.3. The molecule has 0 aliphatic carbocycles. The number of aliphatic hydroxyl groups is 2. The highest BCUT2D eigenvalue weighted by Gasteiger charge is 2.30. The summed E-state index contributed by atoms with van der Waals surface area (Å²) in [5.41, 5.74) is 0. The second kappa shape index (κ2) is 93.5. The van der Waals surface area contributed by atoms with Crippen LogP contribution in [0.1, 0.15) is 380 Å². The highest BCUT2D eigenvalue weighted by atomic mass is 31.2. The Bertz CT molecular complexity index is 2980. The summed E-state index contributed by atoms with van der Waals surface area (Å²) in [5, 5.41) is 20.8. The molecule has 5 atom stereocenters. The summed E-state index contributed by atoms with van der Waals surface area (Å²) in [7, 11) is -9.82. The summed E-state index contributed by atoms with van der Waals surface area (Å²) in [6.07, 6.45) is 125. The number of hydrogen-bond donors (Lipinski definition) is 4. The fraction of sp³-hybridized carbons (Fsp3) is 0.660. The first-order valence-corrected chi connectivity index (χ1v) is 50.7. The van der Waals surface area contributed by atoms with Crippen LogP contribution in [0.4, 0.5) is 0 Å². The van der Waals surface area contributed by atoms with Crippen LogP contribution >= 0.6 is 15.6 Å². The number of carbonyl (C=O) groups is 3. The van der Waals surface area contributed by atoms with E-state index in [2.05, 4.69) is 215 Å². The van der Waals surface area contributed by atoms with Crippen molar-refractivity contribution >= 4 is 33.6 Å². The van der Waals surface area contributed by atoms with Crippen LogP contribution in [0, 0.1) is 0 Å². The number of hydrogen-bond acceptors (Lipinski definition) is 14. The van der Waals surface area contributed by atoms with Crippen LogP contribution in [0.15, 0.2) is 194 Å². The number of ether oxygens (including phenoxy) is 3. The molecular formula is C103H172O16P2. The van der Waals surface area contributed by atoms with Gasteiger partial charge in [-0.15, -0.1) is 0 Å². The van der Waals surface area contributed by atoms with Gasteiger partial charge in [0.15, 0.2) is 6.10 Å². The van der Waals surface area contributed by atoms with Crippen molar-refractivity contribution in [3.8, 4) is 0 Å². The molecule has 121 heavy (non-hydrogen) atoms. The zero-order valence-corrected chi connectivity index (χ0v) is 77.9. The minimum Gasteiger partial charge on any atom is -0.463 e. The Kier molecular flexibility index (Phi) is 89.2. The van der Waals surface area contributed by atoms with Crippen molar-refractivity contribution in [2.75, 3.05) is 39.6 Å². The van der Waals surface area contributed by atoms with Gasteiger partial charge in [-0.2, -0.15) is 0 Å². The van der Waals surface area contributed by atoms with Gasteiger partial charge in [0.25, 0.3) is 0 Å². The van der Waals surface area contributed by atoms with Crippen molar-refractivity contribution in [2.45, 2.75) is 399 Å². The average molecular weight is 1730 g/mol. The van der Waals surface area contributed by atoms with E-state index >= 15 is 0 Å². The summed E-state index contributed by atoms with van der Waals surface area (Å²) >= 11 is 0. The molecule has 0 aromatic heterocycles. The van der Waals surface area contributed by atoms with E-state index < -0.39 is 91.5 Å². The molecule has 0 aliphatic rings. The third-order valence-electron chi connectivity index (χ3n) is 19.8. The van der Waals surface area contributed by atoms with Crippen molar-refractivity contribution in [3.63, 3.8) is 0 Å². The Morgan fingerprint density at radius 2 is 0.413 bits per heavy atom. The van der Waals surface area contributed by atoms with E-state index in [1.165, 1.54) is 109 Å². The lowest BCUT2D eigenvalue weighted by Crippen LogP contribution is -2.30. The third kappa shape index (κ3) is 94.9. The van der Waals surface area contributed by atoms with Gasteiger partial charge >= 0.3 is 33.6 Å². The topological polar surface area (TPSA) is 231 Å². The lowest BCUT2D eigenvalue weighted by Gasteiger charge is -2.21. The van der Waals surface area contributed by atoms with Gasteiger partial charge < -0.3 is 34.2 Å². The van der Waals surface area contributed by atoms with E-state index in [1.807, 2.05) is 0 Å². The maximum atomic E-state index is 13.1. The third-order valence-corrected chi connectivity index (χ3v) is 21.7. The van der Waals surface area contributed by atoms with Gasteiger partial charge in [0.05, 0.1) is 26.4 Å². The predicted molar refractivity (Wildman–Crippen MR) is 509 cm³/mol. The minimum atomic E-state index is -4.95. The maximum absolute atomic E-state index is 13.1. The zero-order valence-electron chi connectivity index (χ0n) is 76.1. The first kappa shape index (κ1) is 115. The molecule has 0 aliphatic heterocycles. The molecule has 0 amide bonds. The molecule has 18 heteroatoms. The molecule has 16 nitrogen and oxygen atoms in total. The number of esters is 3. The molecule has 0 saturated carbocycles.